The van der Waals surface area contributed by atoms with Crippen molar-refractivity contribution >= 4 is 5.97 Å². The predicted molar refractivity (Wildman–Crippen MR) is 71.2 cm³/mol. The average Bonchev–Trinajstić information content (AvgIpc) is 2.41. The number of pyridine rings is 1. The fourth-order valence-corrected chi connectivity index (χ4v) is 1.77. The molecule has 0 aliphatic heterocycles. The van der Waals surface area contributed by atoms with Crippen LogP contribution >= 0.6 is 0 Å². The molecular formula is C15H15NO3. The molecule has 4 nitrogen and oxygen atoms in total. The molecule has 0 fully saturated rings. The normalized spacial score (nSPS) is 10.1. The topological polar surface area (TPSA) is 59.4 Å². The Morgan fingerprint density at radius 1 is 1.16 bits per heavy atom. The maximum Gasteiger partial charge on any atom is 0.307 e. The van der Waals surface area contributed by atoms with Crippen LogP contribution < -0.4 is 4.74 Å². The molecule has 4 heteroatoms. The molecule has 1 aromatic carbocycles. The lowest BCUT2D eigenvalue weighted by Crippen LogP contribution is -2.07. The van der Waals surface area contributed by atoms with Gasteiger partial charge in [0.2, 0.25) is 0 Å². The van der Waals surface area contributed by atoms with Crippen molar-refractivity contribution < 1.29 is 14.6 Å². The van der Waals surface area contributed by atoms with Crippen LogP contribution in [-0.4, -0.2) is 22.7 Å². The molecule has 0 atom stereocenters. The average molecular weight is 257 g/mol. The van der Waals surface area contributed by atoms with E-state index in [9.17, 15) is 4.79 Å². The Labute approximate surface area is 111 Å². The third-order valence-corrected chi connectivity index (χ3v) is 2.66. The summed E-state index contributed by atoms with van der Waals surface area (Å²) < 4.78 is 5.64. The number of ether oxygens (including phenoxy) is 1. The molecule has 1 heterocycles. The van der Waals surface area contributed by atoms with E-state index >= 15 is 0 Å². The summed E-state index contributed by atoms with van der Waals surface area (Å²) in [5.74, 6) is -0.235. The predicted octanol–water partition coefficient (Wildman–Crippen LogP) is 2.33. The van der Waals surface area contributed by atoms with Crippen molar-refractivity contribution in [3.63, 3.8) is 0 Å². The first kappa shape index (κ1) is 13.1. The van der Waals surface area contributed by atoms with Crippen LogP contribution in [-0.2, 0) is 17.6 Å². The van der Waals surface area contributed by atoms with Gasteiger partial charge in [-0.15, -0.1) is 0 Å². The highest BCUT2D eigenvalue weighted by molar-refractivity contribution is 5.71. The quantitative estimate of drug-likeness (QED) is 0.862. The Kier molecular flexibility index (Phi) is 4.50. The lowest BCUT2D eigenvalue weighted by Gasteiger charge is -2.09. The Bertz CT molecular complexity index is 540. The van der Waals surface area contributed by atoms with E-state index in [0.717, 1.165) is 5.69 Å². The largest absolute Gasteiger partial charge is 0.493 e. The van der Waals surface area contributed by atoms with E-state index < -0.39 is 5.97 Å². The molecule has 0 saturated carbocycles. The monoisotopic (exact) mass is 257 g/mol. The standard InChI is InChI=1S/C15H15NO3/c17-15(18)11-12-5-1-2-7-14(12)19-10-8-13-6-3-4-9-16-13/h1-7,9H,8,10-11H2,(H,17,18). The van der Waals surface area contributed by atoms with Gasteiger partial charge in [-0.05, 0) is 18.2 Å². The van der Waals surface area contributed by atoms with E-state index in [1.54, 1.807) is 18.3 Å². The smallest absolute Gasteiger partial charge is 0.307 e. The molecule has 0 radical (unpaired) electrons. The molecule has 0 unspecified atom stereocenters. The van der Waals surface area contributed by atoms with Gasteiger partial charge >= 0.3 is 5.97 Å². The zero-order valence-electron chi connectivity index (χ0n) is 10.5. The van der Waals surface area contributed by atoms with Crippen LogP contribution in [0.5, 0.6) is 5.75 Å². The minimum absolute atomic E-state index is 0.0280. The summed E-state index contributed by atoms with van der Waals surface area (Å²) in [7, 11) is 0. The van der Waals surface area contributed by atoms with Gasteiger partial charge < -0.3 is 9.84 Å². The van der Waals surface area contributed by atoms with Crippen LogP contribution in [0.3, 0.4) is 0 Å². The van der Waals surface area contributed by atoms with Gasteiger partial charge in [-0.2, -0.15) is 0 Å². The number of carboxylic acids is 1. The van der Waals surface area contributed by atoms with Crippen molar-refractivity contribution in [2.75, 3.05) is 6.61 Å². The number of para-hydroxylation sites is 1. The molecule has 1 aromatic heterocycles. The van der Waals surface area contributed by atoms with Gasteiger partial charge in [0.1, 0.15) is 5.75 Å². The maximum atomic E-state index is 10.8. The Hall–Kier alpha value is -2.36. The molecule has 98 valence electrons. The first-order chi connectivity index (χ1) is 9.25. The number of benzene rings is 1. The van der Waals surface area contributed by atoms with Crippen LogP contribution in [0, 0.1) is 0 Å². The fraction of sp³-hybridized carbons (Fsp3) is 0.200. The molecule has 0 aliphatic rings. The van der Waals surface area contributed by atoms with E-state index in [-0.39, 0.29) is 6.42 Å². The molecular weight excluding hydrogens is 242 g/mol. The van der Waals surface area contributed by atoms with E-state index in [2.05, 4.69) is 4.98 Å². The van der Waals surface area contributed by atoms with Gasteiger partial charge in [0.05, 0.1) is 13.0 Å². The van der Waals surface area contributed by atoms with Crippen molar-refractivity contribution in [2.24, 2.45) is 0 Å². The minimum Gasteiger partial charge on any atom is -0.493 e. The number of rotatable bonds is 6. The summed E-state index contributed by atoms with van der Waals surface area (Å²) in [5.41, 5.74) is 1.65. The van der Waals surface area contributed by atoms with Crippen molar-refractivity contribution in [1.29, 1.82) is 0 Å². The van der Waals surface area contributed by atoms with Crippen LogP contribution in [0.2, 0.25) is 0 Å². The number of aliphatic carboxylic acids is 1. The highest BCUT2D eigenvalue weighted by Gasteiger charge is 2.07. The second-order valence-electron chi connectivity index (χ2n) is 4.10. The SMILES string of the molecule is O=C(O)Cc1ccccc1OCCc1ccccn1. The molecule has 0 spiro atoms. The molecule has 0 bridgehead atoms. The Morgan fingerprint density at radius 2 is 1.95 bits per heavy atom. The lowest BCUT2D eigenvalue weighted by molar-refractivity contribution is -0.136. The van der Waals surface area contributed by atoms with E-state index in [4.69, 9.17) is 9.84 Å². The van der Waals surface area contributed by atoms with Gasteiger partial charge in [-0.1, -0.05) is 24.3 Å². The lowest BCUT2D eigenvalue weighted by atomic mass is 10.1. The number of carbonyl (C=O) groups is 1. The second-order valence-corrected chi connectivity index (χ2v) is 4.10. The van der Waals surface area contributed by atoms with Crippen LogP contribution in [0.15, 0.2) is 48.7 Å². The maximum absolute atomic E-state index is 10.8. The van der Waals surface area contributed by atoms with Crippen molar-refractivity contribution in [3.8, 4) is 5.75 Å². The van der Waals surface area contributed by atoms with Gasteiger partial charge in [0.25, 0.3) is 0 Å². The zero-order valence-corrected chi connectivity index (χ0v) is 10.5. The van der Waals surface area contributed by atoms with Gasteiger partial charge in [0, 0.05) is 23.9 Å². The highest BCUT2D eigenvalue weighted by Crippen LogP contribution is 2.18. The fourth-order valence-electron chi connectivity index (χ4n) is 1.77. The number of nitrogens with zero attached hydrogens (tertiary/aromatic N) is 1. The van der Waals surface area contributed by atoms with E-state index in [1.807, 2.05) is 30.3 Å². The molecule has 0 aliphatic carbocycles. The molecule has 2 aromatic rings. The van der Waals surface area contributed by atoms with Crippen LogP contribution in [0.25, 0.3) is 0 Å². The Morgan fingerprint density at radius 3 is 2.68 bits per heavy atom. The summed E-state index contributed by atoms with van der Waals surface area (Å²) in [6.45, 7) is 0.480. The van der Waals surface area contributed by atoms with Crippen molar-refractivity contribution in [3.05, 3.63) is 59.9 Å². The third kappa shape index (κ3) is 4.10. The molecule has 1 N–H and O–H groups in total. The summed E-state index contributed by atoms with van der Waals surface area (Å²) >= 11 is 0. The van der Waals surface area contributed by atoms with Gasteiger partial charge in [-0.3, -0.25) is 9.78 Å². The van der Waals surface area contributed by atoms with Crippen LogP contribution in [0.1, 0.15) is 11.3 Å². The van der Waals surface area contributed by atoms with E-state index in [1.165, 1.54) is 0 Å². The number of hydrogen-bond donors (Lipinski definition) is 1. The van der Waals surface area contributed by atoms with E-state index in [0.29, 0.717) is 24.3 Å². The zero-order chi connectivity index (χ0) is 13.5. The first-order valence-corrected chi connectivity index (χ1v) is 6.08. The first-order valence-electron chi connectivity index (χ1n) is 6.08. The molecule has 0 saturated heterocycles. The second kappa shape index (κ2) is 6.54. The molecule has 0 amide bonds. The number of carboxylic acid groups (broad SMARTS) is 1. The number of aromatic nitrogens is 1. The molecule has 19 heavy (non-hydrogen) atoms. The summed E-state index contributed by atoms with van der Waals surface area (Å²) in [6, 6.07) is 12.9. The van der Waals surface area contributed by atoms with Gasteiger partial charge in [-0.25, -0.2) is 0 Å². The van der Waals surface area contributed by atoms with Crippen LogP contribution in [0.4, 0.5) is 0 Å². The number of hydrogen-bond acceptors (Lipinski definition) is 3. The van der Waals surface area contributed by atoms with Crippen molar-refractivity contribution in [2.45, 2.75) is 12.8 Å². The minimum atomic E-state index is -0.860. The molecule has 2 rings (SSSR count). The summed E-state index contributed by atoms with van der Waals surface area (Å²) in [4.78, 5) is 15.0. The highest BCUT2D eigenvalue weighted by atomic mass is 16.5. The van der Waals surface area contributed by atoms with Crippen molar-refractivity contribution in [1.82, 2.24) is 4.98 Å². The third-order valence-electron chi connectivity index (χ3n) is 2.66. The Balaban J connectivity index is 1.94. The summed E-state index contributed by atoms with van der Waals surface area (Å²) in [6.07, 6.45) is 2.41. The van der Waals surface area contributed by atoms with Gasteiger partial charge in [0.15, 0.2) is 0 Å². The summed E-state index contributed by atoms with van der Waals surface area (Å²) in [5, 5.41) is 8.83.